The minimum absolute atomic E-state index is 0.0678. The van der Waals surface area contributed by atoms with Gasteiger partial charge in [0.2, 0.25) is 0 Å². The van der Waals surface area contributed by atoms with Crippen molar-refractivity contribution in [3.63, 3.8) is 0 Å². The molecule has 0 aromatic heterocycles. The van der Waals surface area contributed by atoms with Crippen LogP contribution in [0.25, 0.3) is 0 Å². The third-order valence-corrected chi connectivity index (χ3v) is 10.9. The molecule has 0 aromatic carbocycles. The van der Waals surface area contributed by atoms with Gasteiger partial charge < -0.3 is 64.2 Å². The Balaban J connectivity index is 1.88. The Morgan fingerprint density at radius 1 is 0.524 bits per heavy atom. The molecule has 0 spiro atoms. The first-order chi connectivity index (χ1) is 30.5. The maximum absolute atomic E-state index is 12.9. The zero-order valence-electron chi connectivity index (χ0n) is 37.8. The lowest BCUT2D eigenvalue weighted by Crippen LogP contribution is -2.61. The Morgan fingerprint density at radius 3 is 1.56 bits per heavy atom. The van der Waals surface area contributed by atoms with Crippen LogP contribution in [0.15, 0.2) is 60.8 Å². The minimum atomic E-state index is -1.78. The maximum Gasteiger partial charge on any atom is 0.306 e. The first-order valence-corrected chi connectivity index (χ1v) is 23.4. The zero-order chi connectivity index (χ0) is 46.1. The summed E-state index contributed by atoms with van der Waals surface area (Å²) in [5.41, 5.74) is 0. The molecule has 0 aromatic rings. The number of carbonyl (C=O) groups excluding carboxylic acids is 2. The van der Waals surface area contributed by atoms with Gasteiger partial charge in [-0.3, -0.25) is 9.59 Å². The SMILES string of the molecule is CC/C=C/C=C/C=C/C=C/C=C/CCCC(=O)OC(COC(=O)CCCCCCCCCCCCCCCC)CO[C@@H]1O[C@H](CO[C@@H]2O[C@H](CO)[C@H](O)C(O)C2O)[C@H](O)C(O)C1O. The van der Waals surface area contributed by atoms with Crippen LogP contribution in [0.4, 0.5) is 0 Å². The summed E-state index contributed by atoms with van der Waals surface area (Å²) in [5.74, 6) is -1.01. The lowest BCUT2D eigenvalue weighted by Gasteiger charge is -2.42. The highest BCUT2D eigenvalue weighted by Gasteiger charge is 2.47. The summed E-state index contributed by atoms with van der Waals surface area (Å²) in [6, 6.07) is 0. The highest BCUT2D eigenvalue weighted by molar-refractivity contribution is 5.70. The molecule has 0 amide bonds. The molecule has 0 saturated carbocycles. The van der Waals surface area contributed by atoms with Crippen molar-refractivity contribution in [2.24, 2.45) is 0 Å². The van der Waals surface area contributed by atoms with Crippen molar-refractivity contribution in [3.8, 4) is 0 Å². The van der Waals surface area contributed by atoms with Crippen LogP contribution in [0.1, 0.15) is 136 Å². The van der Waals surface area contributed by atoms with E-state index < -0.39 is 99.3 Å². The molecule has 2 saturated heterocycles. The molecule has 0 aliphatic carbocycles. The Morgan fingerprint density at radius 2 is 1.00 bits per heavy atom. The van der Waals surface area contributed by atoms with Crippen LogP contribution in [-0.4, -0.2) is 142 Å². The van der Waals surface area contributed by atoms with E-state index in [4.69, 9.17) is 28.4 Å². The van der Waals surface area contributed by atoms with Gasteiger partial charge in [0, 0.05) is 12.8 Å². The van der Waals surface area contributed by atoms with Gasteiger partial charge in [0.15, 0.2) is 18.7 Å². The van der Waals surface area contributed by atoms with Crippen molar-refractivity contribution in [3.05, 3.63) is 60.8 Å². The summed E-state index contributed by atoms with van der Waals surface area (Å²) in [7, 11) is 0. The molecule has 15 nitrogen and oxygen atoms in total. The Bertz CT molecular complexity index is 1330. The van der Waals surface area contributed by atoms with E-state index in [0.29, 0.717) is 19.3 Å². The van der Waals surface area contributed by atoms with Gasteiger partial charge in [0.1, 0.15) is 55.4 Å². The highest BCUT2D eigenvalue weighted by Crippen LogP contribution is 2.26. The zero-order valence-corrected chi connectivity index (χ0v) is 37.8. The van der Waals surface area contributed by atoms with E-state index in [1.165, 1.54) is 64.2 Å². The molecule has 63 heavy (non-hydrogen) atoms. The number of ether oxygens (including phenoxy) is 6. The van der Waals surface area contributed by atoms with Crippen molar-refractivity contribution in [2.75, 3.05) is 26.4 Å². The van der Waals surface area contributed by atoms with Crippen LogP contribution < -0.4 is 0 Å². The van der Waals surface area contributed by atoms with E-state index in [2.05, 4.69) is 19.9 Å². The first kappa shape index (κ1) is 56.3. The average Bonchev–Trinajstić information content (AvgIpc) is 3.28. The van der Waals surface area contributed by atoms with Gasteiger partial charge in [0.25, 0.3) is 0 Å². The third kappa shape index (κ3) is 24.3. The van der Waals surface area contributed by atoms with E-state index in [9.17, 15) is 45.3 Å². The molecular formula is C48H80O15. The molecule has 0 radical (unpaired) electrons. The molecule has 7 N–H and O–H groups in total. The molecular weight excluding hydrogens is 817 g/mol. The molecule has 2 heterocycles. The monoisotopic (exact) mass is 897 g/mol. The number of unbranched alkanes of at least 4 members (excludes halogenated alkanes) is 14. The predicted molar refractivity (Wildman–Crippen MR) is 238 cm³/mol. The molecule has 15 heteroatoms. The summed E-state index contributed by atoms with van der Waals surface area (Å²) < 4.78 is 33.4. The lowest BCUT2D eigenvalue weighted by molar-refractivity contribution is -0.332. The van der Waals surface area contributed by atoms with Crippen LogP contribution in [0.2, 0.25) is 0 Å². The van der Waals surface area contributed by atoms with Crippen molar-refractivity contribution >= 4 is 11.9 Å². The fourth-order valence-corrected chi connectivity index (χ4v) is 7.01. The number of esters is 2. The number of carbonyl (C=O) groups is 2. The number of aliphatic hydroxyl groups excluding tert-OH is 7. The van der Waals surface area contributed by atoms with Crippen molar-refractivity contribution in [1.29, 1.82) is 0 Å². The summed E-state index contributed by atoms with van der Waals surface area (Å²) in [4.78, 5) is 25.6. The molecule has 2 aliphatic heterocycles. The van der Waals surface area contributed by atoms with E-state index in [1.54, 1.807) is 0 Å². The van der Waals surface area contributed by atoms with Gasteiger partial charge in [0.05, 0.1) is 19.8 Å². The largest absolute Gasteiger partial charge is 0.462 e. The Kier molecular flexibility index (Phi) is 31.7. The number of rotatable bonds is 34. The standard InChI is InChI=1S/C48H80O15/c1-3-5-7-9-11-13-15-17-19-20-22-24-26-28-30-39(50)58-33-36(61-40(51)31-29-27-25-23-21-18-16-14-12-10-8-6-4-2)34-59-47-46(57)44(55)42(53)38(63-47)35-60-48-45(56)43(54)41(52)37(32-49)62-48/h6,8,10,12,14,16,18,21,23,25,36-38,41-49,52-57H,3-5,7,9,11,13,15,17,19-20,22,24,26-35H2,1-2H3/b8-6+,12-10+,16-14+,21-18+,25-23+/t36?,37-,38-,41+,42+,43?,44?,45?,46?,47-,48-/m1/s1. The summed E-state index contributed by atoms with van der Waals surface area (Å²) >= 11 is 0. The van der Waals surface area contributed by atoms with Gasteiger partial charge in [-0.1, -0.05) is 158 Å². The molecule has 2 aliphatic rings. The van der Waals surface area contributed by atoms with Crippen LogP contribution >= 0.6 is 0 Å². The third-order valence-electron chi connectivity index (χ3n) is 10.9. The predicted octanol–water partition coefficient (Wildman–Crippen LogP) is 5.31. The Labute approximate surface area is 375 Å². The summed E-state index contributed by atoms with van der Waals surface area (Å²) in [5, 5.41) is 71.9. The van der Waals surface area contributed by atoms with E-state index in [1.807, 2.05) is 54.7 Å². The van der Waals surface area contributed by atoms with Gasteiger partial charge >= 0.3 is 11.9 Å². The average molecular weight is 897 g/mol. The summed E-state index contributed by atoms with van der Waals surface area (Å²) in [6.45, 7) is 2.34. The maximum atomic E-state index is 12.9. The lowest BCUT2D eigenvalue weighted by atomic mass is 9.98. The smallest absolute Gasteiger partial charge is 0.306 e. The molecule has 0 bridgehead atoms. The van der Waals surface area contributed by atoms with Gasteiger partial charge in [-0.2, -0.15) is 0 Å². The van der Waals surface area contributed by atoms with Crippen LogP contribution in [0.5, 0.6) is 0 Å². The van der Waals surface area contributed by atoms with Crippen LogP contribution in [0.3, 0.4) is 0 Å². The van der Waals surface area contributed by atoms with Gasteiger partial charge in [-0.25, -0.2) is 0 Å². The number of aliphatic hydroxyl groups is 7. The fourth-order valence-electron chi connectivity index (χ4n) is 7.01. The number of allylic oxidation sites excluding steroid dienone is 10. The van der Waals surface area contributed by atoms with E-state index >= 15 is 0 Å². The molecule has 2 fully saturated rings. The molecule has 5 unspecified atom stereocenters. The van der Waals surface area contributed by atoms with Crippen LogP contribution in [-0.2, 0) is 38.0 Å². The highest BCUT2D eigenvalue weighted by atomic mass is 16.7. The Hall–Kier alpha value is -2.80. The minimum Gasteiger partial charge on any atom is -0.462 e. The second kappa shape index (κ2) is 35.5. The van der Waals surface area contributed by atoms with Crippen molar-refractivity contribution in [2.45, 2.75) is 203 Å². The molecule has 11 atom stereocenters. The quantitative estimate of drug-likeness (QED) is 0.0246. The van der Waals surface area contributed by atoms with E-state index in [0.717, 1.165) is 25.7 Å². The summed E-state index contributed by atoms with van der Waals surface area (Å²) in [6.07, 6.45) is 21.3. The van der Waals surface area contributed by atoms with Gasteiger partial charge in [-0.15, -0.1) is 0 Å². The normalized spacial score (nSPS) is 27.4. The van der Waals surface area contributed by atoms with Crippen molar-refractivity contribution < 1.29 is 73.8 Å². The molecule has 2 rings (SSSR count). The first-order valence-electron chi connectivity index (χ1n) is 23.4. The second-order valence-corrected chi connectivity index (χ2v) is 16.3. The topological polar surface area (TPSA) is 231 Å². The number of hydrogen-bond acceptors (Lipinski definition) is 15. The van der Waals surface area contributed by atoms with Gasteiger partial charge in [-0.05, 0) is 25.7 Å². The van der Waals surface area contributed by atoms with Crippen LogP contribution in [0, 0.1) is 0 Å². The van der Waals surface area contributed by atoms with E-state index in [-0.39, 0.29) is 19.4 Å². The van der Waals surface area contributed by atoms with Crippen molar-refractivity contribution in [1.82, 2.24) is 0 Å². The molecule has 362 valence electrons. The second-order valence-electron chi connectivity index (χ2n) is 16.3. The number of hydrogen-bond donors (Lipinski definition) is 7. The fraction of sp³-hybridized carbons (Fsp3) is 0.750.